The molecule has 0 spiro atoms. The molecule has 8 heteroatoms. The quantitative estimate of drug-likeness (QED) is 0.723. The fourth-order valence-electron chi connectivity index (χ4n) is 2.13. The third-order valence-electron chi connectivity index (χ3n) is 3.38. The number of rotatable bonds is 7. The van der Waals surface area contributed by atoms with Crippen LogP contribution >= 0.6 is 11.3 Å². The third kappa shape index (κ3) is 3.82. The normalized spacial score (nSPS) is 19.2. The number of unbranched alkanes of at least 4 members (excludes halogenated alkanes) is 2. The maximum atomic E-state index is 12.3. The summed E-state index contributed by atoms with van der Waals surface area (Å²) >= 11 is 1.28. The van der Waals surface area contributed by atoms with E-state index in [9.17, 15) is 4.79 Å². The highest BCUT2D eigenvalue weighted by atomic mass is 32.1. The van der Waals surface area contributed by atoms with Crippen molar-refractivity contribution in [2.24, 2.45) is 0 Å². The molecule has 7 nitrogen and oxygen atoms in total. The molecule has 0 bridgehead atoms. The fourth-order valence-corrected chi connectivity index (χ4v) is 2.89. The van der Waals surface area contributed by atoms with Crippen LogP contribution in [-0.2, 0) is 4.74 Å². The van der Waals surface area contributed by atoms with Crippen LogP contribution in [0.1, 0.15) is 32.6 Å². The fraction of sp³-hybridized carbons (Fsp3) is 0.769. The Hall–Kier alpha value is -1.41. The van der Waals surface area contributed by atoms with Gasteiger partial charge in [-0.3, -0.25) is 0 Å². The van der Waals surface area contributed by atoms with Gasteiger partial charge in [-0.15, -0.1) is 5.10 Å². The Labute approximate surface area is 128 Å². The SMILES string of the molecule is CCCCCOc1nnc(N2C(=O)N(C)CCC2OC)s1. The zero-order valence-electron chi connectivity index (χ0n) is 12.7. The summed E-state index contributed by atoms with van der Waals surface area (Å²) in [5.41, 5.74) is 0. The average molecular weight is 314 g/mol. The van der Waals surface area contributed by atoms with Gasteiger partial charge in [0.2, 0.25) is 5.13 Å². The lowest BCUT2D eigenvalue weighted by molar-refractivity contribution is 0.0700. The molecule has 2 heterocycles. The summed E-state index contributed by atoms with van der Waals surface area (Å²) in [4.78, 5) is 15.5. The Kier molecular flexibility index (Phi) is 5.75. The number of carbonyl (C=O) groups excluding carboxylic acids is 1. The highest BCUT2D eigenvalue weighted by Gasteiger charge is 2.35. The van der Waals surface area contributed by atoms with Crippen molar-refractivity contribution in [2.75, 3.05) is 32.2 Å². The van der Waals surface area contributed by atoms with Crippen molar-refractivity contribution in [3.63, 3.8) is 0 Å². The van der Waals surface area contributed by atoms with Crippen molar-refractivity contribution >= 4 is 22.5 Å². The highest BCUT2D eigenvalue weighted by molar-refractivity contribution is 7.17. The van der Waals surface area contributed by atoms with Crippen LogP contribution in [0.4, 0.5) is 9.93 Å². The molecule has 0 radical (unpaired) electrons. The Balaban J connectivity index is 2.02. The largest absolute Gasteiger partial charge is 0.469 e. The molecule has 0 aromatic carbocycles. The predicted octanol–water partition coefficient (Wildman–Crippen LogP) is 2.34. The maximum absolute atomic E-state index is 12.3. The summed E-state index contributed by atoms with van der Waals surface area (Å²) in [6, 6.07) is -0.123. The number of hydrogen-bond acceptors (Lipinski definition) is 6. The van der Waals surface area contributed by atoms with Crippen LogP contribution < -0.4 is 9.64 Å². The molecule has 2 rings (SSSR count). The van der Waals surface area contributed by atoms with Gasteiger partial charge in [0, 0.05) is 27.1 Å². The van der Waals surface area contributed by atoms with Gasteiger partial charge >= 0.3 is 6.03 Å². The Morgan fingerprint density at radius 2 is 2.19 bits per heavy atom. The zero-order chi connectivity index (χ0) is 15.2. The van der Waals surface area contributed by atoms with E-state index >= 15 is 0 Å². The number of amides is 2. The number of methoxy groups -OCH3 is 1. The molecule has 2 amide bonds. The van der Waals surface area contributed by atoms with Crippen molar-refractivity contribution in [1.29, 1.82) is 0 Å². The number of carbonyl (C=O) groups is 1. The molecular weight excluding hydrogens is 292 g/mol. The number of anilines is 1. The van der Waals surface area contributed by atoms with E-state index in [4.69, 9.17) is 9.47 Å². The molecule has 1 aromatic rings. The number of aromatic nitrogens is 2. The van der Waals surface area contributed by atoms with Gasteiger partial charge < -0.3 is 14.4 Å². The summed E-state index contributed by atoms with van der Waals surface area (Å²) < 4.78 is 10.9. The molecule has 0 saturated carbocycles. The second-order valence-corrected chi connectivity index (χ2v) is 5.88. The smallest absolute Gasteiger partial charge is 0.328 e. The van der Waals surface area contributed by atoms with E-state index in [1.54, 1.807) is 24.0 Å². The standard InChI is InChI=1S/C13H22N4O3S/c1-4-5-6-9-20-12-15-14-11(21-12)17-10(19-3)7-8-16(2)13(17)18/h10H,4-9H2,1-3H3. The summed E-state index contributed by atoms with van der Waals surface area (Å²) in [7, 11) is 3.36. The zero-order valence-corrected chi connectivity index (χ0v) is 13.6. The van der Waals surface area contributed by atoms with Gasteiger partial charge in [0.1, 0.15) is 6.23 Å². The van der Waals surface area contributed by atoms with Crippen LogP contribution in [0.2, 0.25) is 0 Å². The van der Waals surface area contributed by atoms with Gasteiger partial charge in [0.15, 0.2) is 0 Å². The lowest BCUT2D eigenvalue weighted by Gasteiger charge is -2.36. The monoisotopic (exact) mass is 314 g/mol. The van der Waals surface area contributed by atoms with E-state index in [0.29, 0.717) is 23.5 Å². The molecule has 1 unspecified atom stereocenters. The topological polar surface area (TPSA) is 67.8 Å². The van der Waals surface area contributed by atoms with Gasteiger partial charge in [-0.05, 0) is 17.8 Å². The first-order valence-corrected chi connectivity index (χ1v) is 8.02. The van der Waals surface area contributed by atoms with Crippen molar-refractivity contribution in [3.05, 3.63) is 0 Å². The maximum Gasteiger partial charge on any atom is 0.328 e. The van der Waals surface area contributed by atoms with Gasteiger partial charge in [-0.1, -0.05) is 24.9 Å². The number of nitrogens with zero attached hydrogens (tertiary/aromatic N) is 4. The Morgan fingerprint density at radius 1 is 1.38 bits per heavy atom. The Bertz CT molecular complexity index is 468. The van der Waals surface area contributed by atoms with Crippen LogP contribution in [0.3, 0.4) is 0 Å². The van der Waals surface area contributed by atoms with Crippen LogP contribution in [0, 0.1) is 0 Å². The van der Waals surface area contributed by atoms with Crippen molar-refractivity contribution in [1.82, 2.24) is 15.1 Å². The molecule has 1 aromatic heterocycles. The van der Waals surface area contributed by atoms with E-state index in [1.165, 1.54) is 11.3 Å². The lowest BCUT2D eigenvalue weighted by atomic mass is 10.3. The van der Waals surface area contributed by atoms with Gasteiger partial charge in [-0.2, -0.15) is 0 Å². The minimum atomic E-state index is -0.297. The van der Waals surface area contributed by atoms with Crippen molar-refractivity contribution in [3.8, 4) is 5.19 Å². The molecule has 0 N–H and O–H groups in total. The van der Waals surface area contributed by atoms with E-state index in [1.807, 2.05) is 0 Å². The first-order valence-electron chi connectivity index (χ1n) is 7.20. The molecule has 0 aliphatic carbocycles. The summed E-state index contributed by atoms with van der Waals surface area (Å²) in [6.45, 7) is 3.45. The van der Waals surface area contributed by atoms with E-state index < -0.39 is 0 Å². The first-order chi connectivity index (χ1) is 10.2. The van der Waals surface area contributed by atoms with Crippen LogP contribution in [0.25, 0.3) is 0 Å². The minimum absolute atomic E-state index is 0.123. The summed E-state index contributed by atoms with van der Waals surface area (Å²) in [6.07, 6.45) is 3.72. The van der Waals surface area contributed by atoms with Crippen LogP contribution in [0.5, 0.6) is 5.19 Å². The second kappa shape index (κ2) is 7.56. The molecular formula is C13H22N4O3S. The van der Waals surface area contributed by atoms with Gasteiger partial charge in [-0.25, -0.2) is 9.69 Å². The molecule has 1 atom stereocenters. The van der Waals surface area contributed by atoms with Gasteiger partial charge in [0.25, 0.3) is 5.19 Å². The molecule has 1 aliphatic rings. The van der Waals surface area contributed by atoms with Crippen molar-refractivity contribution in [2.45, 2.75) is 38.8 Å². The predicted molar refractivity (Wildman–Crippen MR) is 80.8 cm³/mol. The minimum Gasteiger partial charge on any atom is -0.469 e. The summed E-state index contributed by atoms with van der Waals surface area (Å²) in [5, 5.41) is 9.07. The Morgan fingerprint density at radius 3 is 2.90 bits per heavy atom. The van der Waals surface area contributed by atoms with E-state index in [0.717, 1.165) is 25.7 Å². The number of urea groups is 1. The van der Waals surface area contributed by atoms with Crippen molar-refractivity contribution < 1.29 is 14.3 Å². The molecule has 1 fully saturated rings. The van der Waals surface area contributed by atoms with Gasteiger partial charge in [0.05, 0.1) is 6.61 Å². The first kappa shape index (κ1) is 16.0. The third-order valence-corrected chi connectivity index (χ3v) is 4.21. The van der Waals surface area contributed by atoms with Crippen LogP contribution in [-0.4, -0.2) is 54.7 Å². The number of hydrogen-bond donors (Lipinski definition) is 0. The second-order valence-electron chi connectivity index (χ2n) is 4.96. The van der Waals surface area contributed by atoms with E-state index in [2.05, 4.69) is 17.1 Å². The highest BCUT2D eigenvalue weighted by Crippen LogP contribution is 2.30. The van der Waals surface area contributed by atoms with E-state index in [-0.39, 0.29) is 12.3 Å². The molecule has 1 saturated heterocycles. The van der Waals surface area contributed by atoms with Crippen LogP contribution in [0.15, 0.2) is 0 Å². The molecule has 1 aliphatic heterocycles. The summed E-state index contributed by atoms with van der Waals surface area (Å²) in [5.74, 6) is 0. The molecule has 118 valence electrons. The lowest BCUT2D eigenvalue weighted by Crippen LogP contribution is -2.54. The molecule has 21 heavy (non-hydrogen) atoms. The average Bonchev–Trinajstić information content (AvgIpc) is 2.94. The number of ether oxygens (including phenoxy) is 2.